The second kappa shape index (κ2) is 5.05. The van der Waals surface area contributed by atoms with Crippen LogP contribution in [0.2, 0.25) is 0 Å². The van der Waals surface area contributed by atoms with Gasteiger partial charge in [0.05, 0.1) is 11.0 Å². The molecule has 1 aromatic carbocycles. The van der Waals surface area contributed by atoms with E-state index in [0.29, 0.717) is 5.56 Å². The fourth-order valence-electron chi connectivity index (χ4n) is 2.47. The van der Waals surface area contributed by atoms with E-state index in [2.05, 4.69) is 23.8 Å². The minimum atomic E-state index is 0.0888. The van der Waals surface area contributed by atoms with E-state index in [1.165, 1.54) is 0 Å². The van der Waals surface area contributed by atoms with Gasteiger partial charge in [0.1, 0.15) is 0 Å². The number of nitrogens with zero attached hydrogens (tertiary/aromatic N) is 3. The number of benzene rings is 1. The van der Waals surface area contributed by atoms with Gasteiger partial charge in [-0.15, -0.1) is 0 Å². The van der Waals surface area contributed by atoms with Crippen molar-refractivity contribution in [1.29, 1.82) is 0 Å². The van der Waals surface area contributed by atoms with E-state index in [-0.39, 0.29) is 10.7 Å². The topological polar surface area (TPSA) is 46.1 Å². The molecule has 1 fully saturated rings. The van der Waals surface area contributed by atoms with Crippen LogP contribution < -0.4 is 0 Å². The van der Waals surface area contributed by atoms with Gasteiger partial charge in [0.25, 0.3) is 5.91 Å². The molecule has 2 aromatic rings. The first-order chi connectivity index (χ1) is 9.55. The van der Waals surface area contributed by atoms with Crippen molar-refractivity contribution in [1.82, 2.24) is 14.9 Å². The molecule has 104 valence electrons. The summed E-state index contributed by atoms with van der Waals surface area (Å²) in [7, 11) is 0. The lowest BCUT2D eigenvalue weighted by Crippen LogP contribution is -2.46. The van der Waals surface area contributed by atoms with E-state index in [1.54, 1.807) is 12.4 Å². The Kier molecular flexibility index (Phi) is 3.38. The molecule has 1 amide bonds. The Morgan fingerprint density at radius 1 is 1.25 bits per heavy atom. The molecule has 0 atom stereocenters. The van der Waals surface area contributed by atoms with E-state index in [9.17, 15) is 4.79 Å². The zero-order valence-corrected chi connectivity index (χ0v) is 12.5. The van der Waals surface area contributed by atoms with Gasteiger partial charge in [-0.25, -0.2) is 0 Å². The average Bonchev–Trinajstić information content (AvgIpc) is 2.45. The first kappa shape index (κ1) is 13.4. The van der Waals surface area contributed by atoms with Crippen LogP contribution in [0.1, 0.15) is 24.2 Å². The summed E-state index contributed by atoms with van der Waals surface area (Å²) >= 11 is 1.92. The maximum atomic E-state index is 12.6. The standard InChI is InChI=1S/C15H17N3OS/c1-15(2)10-18(7-8-20-15)14(19)11-3-4-12-13(9-11)17-6-5-16-12/h3-6,9H,7-8,10H2,1-2H3. The largest absolute Gasteiger partial charge is 0.336 e. The number of thioether (sulfide) groups is 1. The van der Waals surface area contributed by atoms with Gasteiger partial charge in [0, 0.05) is 41.5 Å². The number of rotatable bonds is 1. The van der Waals surface area contributed by atoms with Crippen molar-refractivity contribution in [2.45, 2.75) is 18.6 Å². The number of carbonyl (C=O) groups excluding carboxylic acids is 1. The molecule has 1 saturated heterocycles. The summed E-state index contributed by atoms with van der Waals surface area (Å²) < 4.78 is 0.130. The van der Waals surface area contributed by atoms with Crippen molar-refractivity contribution in [3.05, 3.63) is 36.2 Å². The molecular formula is C15H17N3OS. The lowest BCUT2D eigenvalue weighted by Gasteiger charge is -2.37. The Morgan fingerprint density at radius 2 is 2.00 bits per heavy atom. The number of hydrogen-bond acceptors (Lipinski definition) is 4. The lowest BCUT2D eigenvalue weighted by molar-refractivity contribution is 0.0748. The Labute approximate surface area is 122 Å². The van der Waals surface area contributed by atoms with Crippen LogP contribution in [0.4, 0.5) is 0 Å². The van der Waals surface area contributed by atoms with Gasteiger partial charge in [0.15, 0.2) is 0 Å². The smallest absolute Gasteiger partial charge is 0.254 e. The number of amides is 1. The molecule has 0 saturated carbocycles. The van der Waals surface area contributed by atoms with Gasteiger partial charge in [-0.2, -0.15) is 11.8 Å². The SMILES string of the molecule is CC1(C)CN(C(=O)c2ccc3nccnc3c2)CCS1. The van der Waals surface area contributed by atoms with E-state index in [0.717, 1.165) is 29.9 Å². The van der Waals surface area contributed by atoms with E-state index < -0.39 is 0 Å². The lowest BCUT2D eigenvalue weighted by atomic mass is 10.1. The summed E-state index contributed by atoms with van der Waals surface area (Å²) in [6.45, 7) is 5.96. The Bertz CT molecular complexity index is 656. The van der Waals surface area contributed by atoms with Crippen LogP contribution in [-0.4, -0.2) is 44.4 Å². The number of aromatic nitrogens is 2. The minimum absolute atomic E-state index is 0.0888. The molecule has 3 rings (SSSR count). The number of fused-ring (bicyclic) bond motifs is 1. The van der Waals surface area contributed by atoms with Gasteiger partial charge in [-0.1, -0.05) is 0 Å². The van der Waals surface area contributed by atoms with E-state index in [4.69, 9.17) is 0 Å². The predicted octanol–water partition coefficient (Wildman–Crippen LogP) is 2.60. The Morgan fingerprint density at radius 3 is 2.75 bits per heavy atom. The van der Waals surface area contributed by atoms with Crippen LogP contribution in [0.25, 0.3) is 11.0 Å². The molecule has 0 spiro atoms. The molecule has 0 aliphatic carbocycles. The maximum Gasteiger partial charge on any atom is 0.254 e. The first-order valence-electron chi connectivity index (χ1n) is 6.69. The number of carbonyl (C=O) groups is 1. The fraction of sp³-hybridized carbons (Fsp3) is 0.400. The van der Waals surface area contributed by atoms with Crippen LogP contribution in [0.3, 0.4) is 0 Å². The molecule has 0 N–H and O–H groups in total. The molecule has 0 radical (unpaired) electrons. The molecule has 0 bridgehead atoms. The van der Waals surface area contributed by atoms with Gasteiger partial charge in [-0.05, 0) is 32.0 Å². The van der Waals surface area contributed by atoms with Crippen molar-refractivity contribution in [2.75, 3.05) is 18.8 Å². The molecular weight excluding hydrogens is 270 g/mol. The summed E-state index contributed by atoms with van der Waals surface area (Å²) in [5.74, 6) is 1.08. The second-order valence-corrected chi connectivity index (χ2v) is 7.40. The van der Waals surface area contributed by atoms with Crippen molar-refractivity contribution in [3.8, 4) is 0 Å². The zero-order chi connectivity index (χ0) is 14.2. The molecule has 1 aliphatic heterocycles. The van der Waals surface area contributed by atoms with Crippen LogP contribution in [0.15, 0.2) is 30.6 Å². The highest BCUT2D eigenvalue weighted by Gasteiger charge is 2.30. The second-order valence-electron chi connectivity index (χ2n) is 5.59. The molecule has 1 aromatic heterocycles. The van der Waals surface area contributed by atoms with Crippen molar-refractivity contribution >= 4 is 28.7 Å². The monoisotopic (exact) mass is 287 g/mol. The quantitative estimate of drug-likeness (QED) is 0.809. The van der Waals surface area contributed by atoms with Crippen molar-refractivity contribution < 1.29 is 4.79 Å². The zero-order valence-electron chi connectivity index (χ0n) is 11.7. The molecule has 0 unspecified atom stereocenters. The normalized spacial score (nSPS) is 18.2. The van der Waals surface area contributed by atoms with Crippen molar-refractivity contribution in [2.24, 2.45) is 0 Å². The highest BCUT2D eigenvalue weighted by molar-refractivity contribution is 8.00. The Hall–Kier alpha value is -1.62. The van der Waals surface area contributed by atoms with Crippen LogP contribution in [0.5, 0.6) is 0 Å². The predicted molar refractivity (Wildman–Crippen MR) is 82.0 cm³/mol. The summed E-state index contributed by atoms with van der Waals surface area (Å²) in [5, 5.41) is 0. The number of hydrogen-bond donors (Lipinski definition) is 0. The van der Waals surface area contributed by atoms with Crippen LogP contribution in [0, 0.1) is 0 Å². The van der Waals surface area contributed by atoms with Crippen LogP contribution in [-0.2, 0) is 0 Å². The third-order valence-electron chi connectivity index (χ3n) is 3.43. The highest BCUT2D eigenvalue weighted by atomic mass is 32.2. The first-order valence-corrected chi connectivity index (χ1v) is 7.68. The summed E-state index contributed by atoms with van der Waals surface area (Å²) in [4.78, 5) is 23.0. The average molecular weight is 287 g/mol. The molecule has 2 heterocycles. The van der Waals surface area contributed by atoms with Gasteiger partial charge < -0.3 is 4.90 Å². The third-order valence-corrected chi connectivity index (χ3v) is 4.73. The molecule has 4 nitrogen and oxygen atoms in total. The maximum absolute atomic E-state index is 12.6. The Balaban J connectivity index is 1.88. The summed E-state index contributed by atoms with van der Waals surface area (Å²) in [6.07, 6.45) is 3.31. The molecule has 20 heavy (non-hydrogen) atoms. The van der Waals surface area contributed by atoms with Crippen LogP contribution >= 0.6 is 11.8 Å². The van der Waals surface area contributed by atoms with E-state index >= 15 is 0 Å². The van der Waals surface area contributed by atoms with Gasteiger partial charge in [-0.3, -0.25) is 14.8 Å². The molecule has 5 heteroatoms. The van der Waals surface area contributed by atoms with E-state index in [1.807, 2.05) is 34.9 Å². The summed E-state index contributed by atoms with van der Waals surface area (Å²) in [5.41, 5.74) is 2.28. The third kappa shape index (κ3) is 2.63. The highest BCUT2D eigenvalue weighted by Crippen LogP contribution is 2.30. The minimum Gasteiger partial charge on any atom is -0.336 e. The van der Waals surface area contributed by atoms with Crippen molar-refractivity contribution in [3.63, 3.8) is 0 Å². The fourth-order valence-corrected chi connectivity index (χ4v) is 3.58. The van der Waals surface area contributed by atoms with Gasteiger partial charge in [0.2, 0.25) is 0 Å². The molecule has 1 aliphatic rings. The van der Waals surface area contributed by atoms with Gasteiger partial charge >= 0.3 is 0 Å². The summed E-state index contributed by atoms with van der Waals surface area (Å²) in [6, 6.07) is 5.53.